The molecule has 160 valence electrons. The van der Waals surface area contributed by atoms with E-state index in [1.165, 1.54) is 10.5 Å². The van der Waals surface area contributed by atoms with Crippen LogP contribution in [0.3, 0.4) is 0 Å². The van der Waals surface area contributed by atoms with Crippen LogP contribution in [-0.2, 0) is 16.0 Å². The van der Waals surface area contributed by atoms with Gasteiger partial charge in [-0.05, 0) is 62.8 Å². The van der Waals surface area contributed by atoms with Gasteiger partial charge in [0, 0.05) is 13.1 Å². The number of carbonyl (C=O) groups excluding carboxylic acids is 2. The van der Waals surface area contributed by atoms with E-state index < -0.39 is 23.0 Å². The standard InChI is InChI=1S/C24H27F2NO3/c1-2-30-23(29)24(12-6-9-18-7-4-3-5-8-18)13-15-27(16-14-24)22(28)20-17-19(25)10-11-21(20)26/h3-5,7-8,10-11,17H,2,6,9,12-16H2,1H3. The number of rotatable bonds is 7. The summed E-state index contributed by atoms with van der Waals surface area (Å²) in [6.45, 7) is 2.69. The number of likely N-dealkylation sites (tertiary alicyclic amines) is 1. The number of carbonyl (C=O) groups is 2. The third-order valence-corrected chi connectivity index (χ3v) is 5.84. The Balaban J connectivity index is 1.67. The quantitative estimate of drug-likeness (QED) is 0.612. The lowest BCUT2D eigenvalue weighted by Gasteiger charge is -2.40. The highest BCUT2D eigenvalue weighted by molar-refractivity contribution is 5.94. The first-order valence-corrected chi connectivity index (χ1v) is 10.4. The first-order chi connectivity index (χ1) is 14.4. The number of benzene rings is 2. The summed E-state index contributed by atoms with van der Waals surface area (Å²) < 4.78 is 32.8. The minimum Gasteiger partial charge on any atom is -0.466 e. The number of piperidine rings is 1. The molecule has 0 radical (unpaired) electrons. The van der Waals surface area contributed by atoms with Crippen LogP contribution in [0, 0.1) is 17.0 Å². The fourth-order valence-electron chi connectivity index (χ4n) is 4.09. The van der Waals surface area contributed by atoms with E-state index in [0.717, 1.165) is 31.0 Å². The number of ether oxygens (including phenoxy) is 1. The van der Waals surface area contributed by atoms with Gasteiger partial charge in [-0.25, -0.2) is 8.78 Å². The van der Waals surface area contributed by atoms with Crippen LogP contribution < -0.4 is 0 Å². The van der Waals surface area contributed by atoms with Gasteiger partial charge in [-0.1, -0.05) is 30.3 Å². The van der Waals surface area contributed by atoms with E-state index in [4.69, 9.17) is 4.74 Å². The fraction of sp³-hybridized carbons (Fsp3) is 0.417. The molecule has 1 amide bonds. The number of halogens is 2. The molecule has 0 atom stereocenters. The van der Waals surface area contributed by atoms with Crippen molar-refractivity contribution < 1.29 is 23.1 Å². The Hall–Kier alpha value is -2.76. The molecule has 1 aliphatic heterocycles. The Bertz CT molecular complexity index is 877. The molecule has 2 aromatic carbocycles. The van der Waals surface area contributed by atoms with Crippen molar-refractivity contribution in [2.75, 3.05) is 19.7 Å². The van der Waals surface area contributed by atoms with E-state index in [2.05, 4.69) is 12.1 Å². The third kappa shape index (κ3) is 5.04. The largest absolute Gasteiger partial charge is 0.466 e. The number of aryl methyl sites for hydroxylation is 1. The Morgan fingerprint density at radius 2 is 1.77 bits per heavy atom. The average Bonchev–Trinajstić information content (AvgIpc) is 2.76. The minimum atomic E-state index is -0.744. The lowest BCUT2D eigenvalue weighted by molar-refractivity contribution is -0.159. The molecule has 2 aromatic rings. The molecule has 1 saturated heterocycles. The Labute approximate surface area is 175 Å². The maximum absolute atomic E-state index is 14.0. The third-order valence-electron chi connectivity index (χ3n) is 5.84. The highest BCUT2D eigenvalue weighted by Gasteiger charge is 2.43. The van der Waals surface area contributed by atoms with Gasteiger partial charge in [-0.3, -0.25) is 9.59 Å². The molecule has 1 aliphatic rings. The molecule has 0 bridgehead atoms. The Kier molecular flexibility index (Phi) is 7.19. The van der Waals surface area contributed by atoms with Crippen molar-refractivity contribution >= 4 is 11.9 Å². The molecule has 0 N–H and O–H groups in total. The molecular formula is C24H27F2NO3. The van der Waals surface area contributed by atoms with E-state index in [9.17, 15) is 18.4 Å². The van der Waals surface area contributed by atoms with Gasteiger partial charge in [0.25, 0.3) is 5.91 Å². The smallest absolute Gasteiger partial charge is 0.312 e. The van der Waals surface area contributed by atoms with Crippen molar-refractivity contribution in [1.29, 1.82) is 0 Å². The maximum Gasteiger partial charge on any atom is 0.312 e. The molecule has 4 nitrogen and oxygen atoms in total. The highest BCUT2D eigenvalue weighted by Crippen LogP contribution is 2.38. The topological polar surface area (TPSA) is 46.6 Å². The van der Waals surface area contributed by atoms with Crippen LogP contribution in [0.1, 0.15) is 48.5 Å². The van der Waals surface area contributed by atoms with Crippen LogP contribution >= 0.6 is 0 Å². The normalized spacial score (nSPS) is 15.6. The zero-order valence-corrected chi connectivity index (χ0v) is 17.2. The molecular weight excluding hydrogens is 388 g/mol. The lowest BCUT2D eigenvalue weighted by Crippen LogP contribution is -2.47. The van der Waals surface area contributed by atoms with E-state index in [0.29, 0.717) is 39.0 Å². The van der Waals surface area contributed by atoms with Gasteiger partial charge in [-0.15, -0.1) is 0 Å². The monoisotopic (exact) mass is 415 g/mol. The second-order valence-electron chi connectivity index (χ2n) is 7.76. The molecule has 1 heterocycles. The summed E-state index contributed by atoms with van der Waals surface area (Å²) in [4.78, 5) is 26.9. The van der Waals surface area contributed by atoms with Gasteiger partial charge in [-0.2, -0.15) is 0 Å². The molecule has 30 heavy (non-hydrogen) atoms. The van der Waals surface area contributed by atoms with Crippen LogP contribution in [0.4, 0.5) is 8.78 Å². The van der Waals surface area contributed by atoms with Crippen LogP contribution in [-0.4, -0.2) is 36.5 Å². The Morgan fingerprint density at radius 3 is 2.43 bits per heavy atom. The fourth-order valence-corrected chi connectivity index (χ4v) is 4.09. The molecule has 0 aliphatic carbocycles. The zero-order chi connectivity index (χ0) is 21.6. The minimum absolute atomic E-state index is 0.234. The maximum atomic E-state index is 14.0. The Morgan fingerprint density at radius 1 is 1.07 bits per heavy atom. The summed E-state index contributed by atoms with van der Waals surface area (Å²) in [6, 6.07) is 12.9. The number of nitrogens with zero attached hydrogens (tertiary/aromatic N) is 1. The first-order valence-electron chi connectivity index (χ1n) is 10.4. The van der Waals surface area contributed by atoms with Gasteiger partial charge < -0.3 is 9.64 Å². The van der Waals surface area contributed by atoms with Crippen LogP contribution in [0.15, 0.2) is 48.5 Å². The zero-order valence-electron chi connectivity index (χ0n) is 17.2. The van der Waals surface area contributed by atoms with Crippen molar-refractivity contribution in [3.63, 3.8) is 0 Å². The summed E-state index contributed by atoms with van der Waals surface area (Å²) in [5, 5.41) is 0. The number of amides is 1. The van der Waals surface area contributed by atoms with Crippen molar-refractivity contribution in [2.24, 2.45) is 5.41 Å². The van der Waals surface area contributed by atoms with Crippen LogP contribution in [0.2, 0.25) is 0 Å². The molecule has 0 saturated carbocycles. The van der Waals surface area contributed by atoms with Crippen molar-refractivity contribution in [1.82, 2.24) is 4.90 Å². The summed E-state index contributed by atoms with van der Waals surface area (Å²) >= 11 is 0. The number of hydrogen-bond donors (Lipinski definition) is 0. The number of hydrogen-bond acceptors (Lipinski definition) is 3. The van der Waals surface area contributed by atoms with Crippen molar-refractivity contribution in [2.45, 2.75) is 39.0 Å². The molecule has 0 spiro atoms. The van der Waals surface area contributed by atoms with Crippen molar-refractivity contribution in [3.05, 3.63) is 71.3 Å². The second-order valence-corrected chi connectivity index (χ2v) is 7.76. The van der Waals surface area contributed by atoms with Crippen LogP contribution in [0.25, 0.3) is 0 Å². The summed E-state index contributed by atoms with van der Waals surface area (Å²) in [7, 11) is 0. The highest BCUT2D eigenvalue weighted by atomic mass is 19.1. The van der Waals surface area contributed by atoms with Crippen molar-refractivity contribution in [3.8, 4) is 0 Å². The van der Waals surface area contributed by atoms with Gasteiger partial charge in [0.05, 0.1) is 17.6 Å². The van der Waals surface area contributed by atoms with Crippen LogP contribution in [0.5, 0.6) is 0 Å². The second kappa shape index (κ2) is 9.83. The van der Waals surface area contributed by atoms with Gasteiger partial charge >= 0.3 is 5.97 Å². The average molecular weight is 415 g/mol. The summed E-state index contributed by atoms with van der Waals surface area (Å²) in [6.07, 6.45) is 3.25. The molecule has 3 rings (SSSR count). The van der Waals surface area contributed by atoms with Gasteiger partial charge in [0.15, 0.2) is 0 Å². The van der Waals surface area contributed by atoms with E-state index in [1.54, 1.807) is 6.92 Å². The van der Waals surface area contributed by atoms with E-state index in [1.807, 2.05) is 18.2 Å². The van der Waals surface area contributed by atoms with Gasteiger partial charge in [0.2, 0.25) is 0 Å². The SMILES string of the molecule is CCOC(=O)C1(CCCc2ccccc2)CCN(C(=O)c2cc(F)ccc2F)CC1. The number of esters is 1. The van der Waals surface area contributed by atoms with E-state index in [-0.39, 0.29) is 11.5 Å². The van der Waals surface area contributed by atoms with E-state index >= 15 is 0 Å². The molecule has 6 heteroatoms. The lowest BCUT2D eigenvalue weighted by atomic mass is 9.74. The summed E-state index contributed by atoms with van der Waals surface area (Å²) in [5.74, 6) is -2.18. The predicted octanol–water partition coefficient (Wildman–Crippen LogP) is 4.77. The molecule has 1 fully saturated rings. The molecule has 0 aromatic heterocycles. The first kappa shape index (κ1) is 21.9. The van der Waals surface area contributed by atoms with Gasteiger partial charge in [0.1, 0.15) is 11.6 Å². The predicted molar refractivity (Wildman–Crippen MR) is 110 cm³/mol. The summed E-state index contributed by atoms with van der Waals surface area (Å²) in [5.41, 5.74) is 0.288. The molecule has 0 unspecified atom stereocenters.